The molecule has 1 N–H and O–H groups in total. The Hall–Kier alpha value is -0.640. The molecule has 0 aromatic heterocycles. The van der Waals surface area contributed by atoms with Gasteiger partial charge in [-0.25, -0.2) is 8.78 Å². The van der Waals surface area contributed by atoms with Crippen molar-refractivity contribution in [3.63, 3.8) is 0 Å². The molecular weight excluding hydrogens is 324 g/mol. The number of hydrogen-bond acceptors (Lipinski definition) is 1. The Kier molecular flexibility index (Phi) is 5.05. The van der Waals surface area contributed by atoms with E-state index in [0.717, 1.165) is 18.9 Å². The second-order valence-corrected chi connectivity index (χ2v) is 7.18. The Labute approximate surface area is 128 Å². The average Bonchev–Trinajstić information content (AvgIpc) is 2.33. The van der Waals surface area contributed by atoms with Gasteiger partial charge in [-0.2, -0.15) is 0 Å². The molecule has 3 atom stereocenters. The first-order valence-electron chi connectivity index (χ1n) is 7.29. The van der Waals surface area contributed by atoms with E-state index in [9.17, 15) is 8.78 Å². The maximum Gasteiger partial charge on any atom is 0.150 e. The molecule has 0 saturated heterocycles. The number of rotatable bonds is 3. The summed E-state index contributed by atoms with van der Waals surface area (Å²) in [5, 5.41) is 3.32. The molecule has 0 aliphatic heterocycles. The van der Waals surface area contributed by atoms with Crippen molar-refractivity contribution in [2.75, 3.05) is 5.32 Å². The van der Waals surface area contributed by atoms with Crippen LogP contribution in [-0.2, 0) is 0 Å². The Morgan fingerprint density at radius 3 is 2.55 bits per heavy atom. The minimum Gasteiger partial charge on any atom is -0.379 e. The molecule has 112 valence electrons. The van der Waals surface area contributed by atoms with Crippen LogP contribution in [0.15, 0.2) is 16.6 Å². The molecule has 4 heteroatoms. The van der Waals surface area contributed by atoms with Crippen molar-refractivity contribution in [2.24, 2.45) is 17.8 Å². The third-order valence-corrected chi connectivity index (χ3v) is 4.98. The van der Waals surface area contributed by atoms with E-state index in [0.29, 0.717) is 27.9 Å². The first kappa shape index (κ1) is 15.7. The zero-order valence-electron chi connectivity index (χ0n) is 12.2. The first-order chi connectivity index (χ1) is 9.38. The molecular formula is C16H22BrF2N. The SMILES string of the molecule is CC1CCC(C(C)C)C(Nc2c(F)cc(F)cc2Br)C1. The molecule has 1 aliphatic carbocycles. The van der Waals surface area contributed by atoms with Crippen molar-refractivity contribution in [1.82, 2.24) is 0 Å². The Balaban J connectivity index is 2.22. The molecule has 1 aromatic carbocycles. The topological polar surface area (TPSA) is 12.0 Å². The van der Waals surface area contributed by atoms with Crippen LogP contribution in [0.2, 0.25) is 0 Å². The molecule has 3 unspecified atom stereocenters. The fraction of sp³-hybridized carbons (Fsp3) is 0.625. The van der Waals surface area contributed by atoms with Crippen molar-refractivity contribution in [2.45, 2.75) is 46.1 Å². The smallest absolute Gasteiger partial charge is 0.150 e. The maximum atomic E-state index is 14.0. The summed E-state index contributed by atoms with van der Waals surface area (Å²) < 4.78 is 27.6. The van der Waals surface area contributed by atoms with Crippen molar-refractivity contribution >= 4 is 21.6 Å². The average molecular weight is 346 g/mol. The van der Waals surface area contributed by atoms with E-state index in [1.54, 1.807) is 0 Å². The highest BCUT2D eigenvalue weighted by Crippen LogP contribution is 2.37. The van der Waals surface area contributed by atoms with Crippen LogP contribution in [0.1, 0.15) is 40.0 Å². The molecule has 0 amide bonds. The molecule has 0 spiro atoms. The van der Waals surface area contributed by atoms with Crippen molar-refractivity contribution in [3.8, 4) is 0 Å². The van der Waals surface area contributed by atoms with E-state index in [2.05, 4.69) is 42.0 Å². The molecule has 1 saturated carbocycles. The van der Waals surface area contributed by atoms with Crippen molar-refractivity contribution in [3.05, 3.63) is 28.2 Å². The first-order valence-corrected chi connectivity index (χ1v) is 8.09. The lowest BCUT2D eigenvalue weighted by Gasteiger charge is -2.38. The van der Waals surface area contributed by atoms with Crippen molar-refractivity contribution in [1.29, 1.82) is 0 Å². The molecule has 1 aromatic rings. The third kappa shape index (κ3) is 3.51. The van der Waals surface area contributed by atoms with Gasteiger partial charge in [0.05, 0.1) is 5.69 Å². The second kappa shape index (κ2) is 6.42. The summed E-state index contributed by atoms with van der Waals surface area (Å²) in [5.74, 6) is 0.643. The van der Waals surface area contributed by atoms with E-state index in [1.165, 1.54) is 12.5 Å². The molecule has 1 nitrogen and oxygen atoms in total. The lowest BCUT2D eigenvalue weighted by molar-refractivity contribution is 0.211. The fourth-order valence-corrected chi connectivity index (χ4v) is 3.76. The van der Waals surface area contributed by atoms with Crippen LogP contribution >= 0.6 is 15.9 Å². The van der Waals surface area contributed by atoms with E-state index in [1.807, 2.05) is 0 Å². The second-order valence-electron chi connectivity index (χ2n) is 6.32. The van der Waals surface area contributed by atoms with Gasteiger partial charge in [-0.1, -0.05) is 27.2 Å². The summed E-state index contributed by atoms with van der Waals surface area (Å²) in [6, 6.07) is 2.49. The Morgan fingerprint density at radius 2 is 1.95 bits per heavy atom. The zero-order valence-corrected chi connectivity index (χ0v) is 13.8. The third-order valence-electron chi connectivity index (χ3n) is 4.36. The minimum absolute atomic E-state index is 0.245. The van der Waals surface area contributed by atoms with Crippen LogP contribution in [-0.4, -0.2) is 6.04 Å². The van der Waals surface area contributed by atoms with Gasteiger partial charge in [0.2, 0.25) is 0 Å². The quantitative estimate of drug-likeness (QED) is 0.751. The van der Waals surface area contributed by atoms with Crippen LogP contribution in [0.3, 0.4) is 0 Å². The molecule has 0 radical (unpaired) electrons. The minimum atomic E-state index is -0.558. The number of anilines is 1. The monoisotopic (exact) mass is 345 g/mol. The van der Waals surface area contributed by atoms with Gasteiger partial charge < -0.3 is 5.32 Å². The normalized spacial score (nSPS) is 26.9. The Bertz CT molecular complexity index is 453. The standard InChI is InChI=1S/C16H22BrF2N/c1-9(2)12-5-4-10(3)6-15(12)20-16-13(17)7-11(18)8-14(16)19/h7-10,12,15,20H,4-6H2,1-3H3. The van der Waals surface area contributed by atoms with E-state index >= 15 is 0 Å². The van der Waals surface area contributed by atoms with Crippen LogP contribution in [0.5, 0.6) is 0 Å². The number of hydrogen-bond donors (Lipinski definition) is 1. The van der Waals surface area contributed by atoms with Gasteiger partial charge in [-0.3, -0.25) is 0 Å². The van der Waals surface area contributed by atoms with Gasteiger partial charge >= 0.3 is 0 Å². The van der Waals surface area contributed by atoms with Crippen molar-refractivity contribution < 1.29 is 8.78 Å². The van der Waals surface area contributed by atoms with Crippen LogP contribution < -0.4 is 5.32 Å². The summed E-state index contributed by atoms with van der Waals surface area (Å²) in [7, 11) is 0. The van der Waals surface area contributed by atoms with Gasteiger partial charge in [-0.05, 0) is 52.6 Å². The molecule has 1 fully saturated rings. The fourth-order valence-electron chi connectivity index (χ4n) is 3.23. The number of nitrogens with one attached hydrogen (secondary N) is 1. The molecule has 0 bridgehead atoms. The van der Waals surface area contributed by atoms with Gasteiger partial charge in [-0.15, -0.1) is 0 Å². The Morgan fingerprint density at radius 1 is 1.25 bits per heavy atom. The summed E-state index contributed by atoms with van der Waals surface area (Å²) in [4.78, 5) is 0. The lowest BCUT2D eigenvalue weighted by Crippen LogP contribution is -2.38. The summed E-state index contributed by atoms with van der Waals surface area (Å²) in [6.07, 6.45) is 3.43. The van der Waals surface area contributed by atoms with Crippen LogP contribution in [0, 0.1) is 29.4 Å². The zero-order chi connectivity index (χ0) is 14.9. The highest BCUT2D eigenvalue weighted by Gasteiger charge is 2.31. The van der Waals surface area contributed by atoms with Gasteiger partial charge in [0, 0.05) is 16.6 Å². The lowest BCUT2D eigenvalue weighted by atomic mass is 9.74. The van der Waals surface area contributed by atoms with Gasteiger partial charge in [0.1, 0.15) is 11.6 Å². The number of benzene rings is 1. The molecule has 1 aliphatic rings. The highest BCUT2D eigenvalue weighted by atomic mass is 79.9. The van der Waals surface area contributed by atoms with E-state index in [-0.39, 0.29) is 6.04 Å². The highest BCUT2D eigenvalue weighted by molar-refractivity contribution is 9.10. The molecule has 20 heavy (non-hydrogen) atoms. The number of halogens is 3. The predicted molar refractivity (Wildman–Crippen MR) is 82.8 cm³/mol. The summed E-state index contributed by atoms with van der Waals surface area (Å²) in [5.41, 5.74) is 0.385. The van der Waals surface area contributed by atoms with Crippen LogP contribution in [0.25, 0.3) is 0 Å². The van der Waals surface area contributed by atoms with Gasteiger partial charge in [0.15, 0.2) is 0 Å². The summed E-state index contributed by atoms with van der Waals surface area (Å²) >= 11 is 3.25. The van der Waals surface area contributed by atoms with Crippen LogP contribution in [0.4, 0.5) is 14.5 Å². The van der Waals surface area contributed by atoms with E-state index < -0.39 is 11.6 Å². The molecule has 2 rings (SSSR count). The van der Waals surface area contributed by atoms with E-state index in [4.69, 9.17) is 0 Å². The maximum absolute atomic E-state index is 14.0. The van der Waals surface area contributed by atoms with Gasteiger partial charge in [0.25, 0.3) is 0 Å². The predicted octanol–water partition coefficient (Wildman–Crippen LogP) is 5.60. The largest absolute Gasteiger partial charge is 0.379 e. The molecule has 0 heterocycles. The summed E-state index contributed by atoms with van der Waals surface area (Å²) in [6.45, 7) is 6.66.